The fourth-order valence-electron chi connectivity index (χ4n) is 1.90. The molecule has 1 atom stereocenters. The molecule has 2 heterocycles. The molecule has 18 heavy (non-hydrogen) atoms. The number of aromatic nitrogens is 4. The van der Waals surface area contributed by atoms with Crippen molar-refractivity contribution in [3.8, 4) is 0 Å². The summed E-state index contributed by atoms with van der Waals surface area (Å²) in [5.41, 5.74) is 2.19. The van der Waals surface area contributed by atoms with Crippen molar-refractivity contribution >= 4 is 0 Å². The first-order valence-electron chi connectivity index (χ1n) is 6.26. The van der Waals surface area contributed by atoms with Gasteiger partial charge in [0.1, 0.15) is 6.33 Å². The van der Waals surface area contributed by atoms with E-state index in [1.807, 2.05) is 36.4 Å². The molecular weight excluding hydrogens is 226 g/mol. The molecule has 0 aliphatic carbocycles. The Bertz CT molecular complexity index is 465. The molecule has 0 saturated heterocycles. The standard InChI is InChI=1S/C13H19N5/c1-3-5-16-13(11-8-14-10-15-9-11)7-12-4-6-18(2)17-12/h4,6,8-10,13,16H,3,5,7H2,1-2H3. The molecule has 0 amide bonds. The summed E-state index contributed by atoms with van der Waals surface area (Å²) >= 11 is 0. The Hall–Kier alpha value is -1.75. The summed E-state index contributed by atoms with van der Waals surface area (Å²) < 4.78 is 1.83. The molecule has 1 unspecified atom stereocenters. The van der Waals surface area contributed by atoms with Gasteiger partial charge in [0.05, 0.1) is 5.69 Å². The van der Waals surface area contributed by atoms with Crippen molar-refractivity contribution in [2.45, 2.75) is 25.8 Å². The van der Waals surface area contributed by atoms with Crippen LogP contribution in [0.2, 0.25) is 0 Å². The highest BCUT2D eigenvalue weighted by atomic mass is 15.2. The number of rotatable bonds is 6. The molecule has 2 rings (SSSR count). The van der Waals surface area contributed by atoms with Gasteiger partial charge < -0.3 is 5.32 Å². The van der Waals surface area contributed by atoms with E-state index in [2.05, 4.69) is 27.3 Å². The van der Waals surface area contributed by atoms with E-state index in [9.17, 15) is 0 Å². The Morgan fingerprint density at radius 3 is 2.72 bits per heavy atom. The van der Waals surface area contributed by atoms with Gasteiger partial charge >= 0.3 is 0 Å². The highest BCUT2D eigenvalue weighted by molar-refractivity contribution is 5.13. The van der Waals surface area contributed by atoms with Crippen LogP contribution in [0.4, 0.5) is 0 Å². The molecular formula is C13H19N5. The minimum absolute atomic E-state index is 0.223. The van der Waals surface area contributed by atoms with Gasteiger partial charge in [-0.1, -0.05) is 6.92 Å². The zero-order valence-corrected chi connectivity index (χ0v) is 10.9. The van der Waals surface area contributed by atoms with Crippen LogP contribution in [-0.2, 0) is 13.5 Å². The smallest absolute Gasteiger partial charge is 0.115 e. The van der Waals surface area contributed by atoms with E-state index in [1.165, 1.54) is 0 Å². The van der Waals surface area contributed by atoms with Gasteiger partial charge in [0.15, 0.2) is 0 Å². The summed E-state index contributed by atoms with van der Waals surface area (Å²) in [5, 5.41) is 7.93. The molecule has 0 spiro atoms. The van der Waals surface area contributed by atoms with Crippen LogP contribution in [0.5, 0.6) is 0 Å². The van der Waals surface area contributed by atoms with Gasteiger partial charge in [0.2, 0.25) is 0 Å². The minimum Gasteiger partial charge on any atom is -0.310 e. The fourth-order valence-corrected chi connectivity index (χ4v) is 1.90. The van der Waals surface area contributed by atoms with Crippen LogP contribution in [0.15, 0.2) is 31.0 Å². The molecule has 5 nitrogen and oxygen atoms in total. The van der Waals surface area contributed by atoms with Gasteiger partial charge in [-0.2, -0.15) is 5.10 Å². The zero-order valence-electron chi connectivity index (χ0n) is 10.9. The van der Waals surface area contributed by atoms with Crippen molar-refractivity contribution in [1.82, 2.24) is 25.1 Å². The summed E-state index contributed by atoms with van der Waals surface area (Å²) in [6.45, 7) is 3.14. The maximum absolute atomic E-state index is 4.42. The van der Waals surface area contributed by atoms with E-state index < -0.39 is 0 Å². The monoisotopic (exact) mass is 245 g/mol. The first kappa shape index (κ1) is 12.7. The quantitative estimate of drug-likeness (QED) is 0.838. The number of hydrogen-bond acceptors (Lipinski definition) is 4. The Balaban J connectivity index is 2.10. The molecule has 1 N–H and O–H groups in total. The molecule has 0 aliphatic heterocycles. The van der Waals surface area contributed by atoms with Crippen LogP contribution in [0, 0.1) is 0 Å². The second kappa shape index (κ2) is 6.26. The highest BCUT2D eigenvalue weighted by Crippen LogP contribution is 2.15. The van der Waals surface area contributed by atoms with E-state index in [1.54, 1.807) is 6.33 Å². The Morgan fingerprint density at radius 2 is 2.11 bits per heavy atom. The van der Waals surface area contributed by atoms with Crippen LogP contribution in [0.3, 0.4) is 0 Å². The van der Waals surface area contributed by atoms with Crippen LogP contribution in [0.1, 0.15) is 30.6 Å². The normalized spacial score (nSPS) is 12.6. The average Bonchev–Trinajstić information content (AvgIpc) is 2.81. The van der Waals surface area contributed by atoms with E-state index in [-0.39, 0.29) is 6.04 Å². The van der Waals surface area contributed by atoms with Gasteiger partial charge in [0, 0.05) is 43.7 Å². The van der Waals surface area contributed by atoms with E-state index in [0.29, 0.717) is 0 Å². The minimum atomic E-state index is 0.223. The van der Waals surface area contributed by atoms with Crippen molar-refractivity contribution in [1.29, 1.82) is 0 Å². The molecule has 0 saturated carbocycles. The zero-order chi connectivity index (χ0) is 12.8. The maximum atomic E-state index is 4.42. The predicted molar refractivity (Wildman–Crippen MR) is 70.0 cm³/mol. The summed E-state index contributed by atoms with van der Waals surface area (Å²) in [6.07, 6.45) is 9.21. The lowest BCUT2D eigenvalue weighted by atomic mass is 10.1. The summed E-state index contributed by atoms with van der Waals surface area (Å²) in [7, 11) is 1.93. The van der Waals surface area contributed by atoms with Gasteiger partial charge in [-0.15, -0.1) is 0 Å². The molecule has 0 aliphatic rings. The van der Waals surface area contributed by atoms with Gasteiger partial charge in [-0.05, 0) is 19.0 Å². The molecule has 0 aromatic carbocycles. The van der Waals surface area contributed by atoms with Crippen LogP contribution < -0.4 is 5.32 Å². The third kappa shape index (κ3) is 3.37. The maximum Gasteiger partial charge on any atom is 0.115 e. The number of nitrogens with zero attached hydrogens (tertiary/aromatic N) is 4. The second-order valence-electron chi connectivity index (χ2n) is 4.36. The van der Waals surface area contributed by atoms with Gasteiger partial charge in [-0.25, -0.2) is 9.97 Å². The Labute approximate surface area is 107 Å². The Morgan fingerprint density at radius 1 is 1.33 bits per heavy atom. The van der Waals surface area contributed by atoms with Gasteiger partial charge in [0.25, 0.3) is 0 Å². The van der Waals surface area contributed by atoms with Crippen molar-refractivity contribution < 1.29 is 0 Å². The van der Waals surface area contributed by atoms with Crippen molar-refractivity contribution in [3.63, 3.8) is 0 Å². The predicted octanol–water partition coefficient (Wildman–Crippen LogP) is 1.49. The second-order valence-corrected chi connectivity index (χ2v) is 4.36. The van der Waals surface area contributed by atoms with Crippen molar-refractivity contribution in [2.24, 2.45) is 7.05 Å². The lowest BCUT2D eigenvalue weighted by molar-refractivity contribution is 0.518. The molecule has 2 aromatic rings. The van der Waals surface area contributed by atoms with Crippen LogP contribution in [-0.4, -0.2) is 26.3 Å². The number of aryl methyl sites for hydroxylation is 1. The first-order chi connectivity index (χ1) is 8.79. The third-order valence-corrected chi connectivity index (χ3v) is 2.81. The van der Waals surface area contributed by atoms with E-state index in [0.717, 1.165) is 30.6 Å². The topological polar surface area (TPSA) is 55.6 Å². The number of hydrogen-bond donors (Lipinski definition) is 1. The lowest BCUT2D eigenvalue weighted by Crippen LogP contribution is -2.24. The molecule has 5 heteroatoms. The third-order valence-electron chi connectivity index (χ3n) is 2.81. The van der Waals surface area contributed by atoms with Crippen molar-refractivity contribution in [3.05, 3.63) is 42.2 Å². The Kier molecular flexibility index (Phi) is 4.41. The molecule has 0 bridgehead atoms. The van der Waals surface area contributed by atoms with E-state index >= 15 is 0 Å². The SMILES string of the molecule is CCCNC(Cc1ccn(C)n1)c1cncnc1. The largest absolute Gasteiger partial charge is 0.310 e. The van der Waals surface area contributed by atoms with Crippen molar-refractivity contribution in [2.75, 3.05) is 6.54 Å². The highest BCUT2D eigenvalue weighted by Gasteiger charge is 2.13. The average molecular weight is 245 g/mol. The summed E-state index contributed by atoms with van der Waals surface area (Å²) in [5.74, 6) is 0. The fraction of sp³-hybridized carbons (Fsp3) is 0.462. The molecule has 2 aromatic heterocycles. The number of nitrogens with one attached hydrogen (secondary N) is 1. The first-order valence-corrected chi connectivity index (χ1v) is 6.26. The van der Waals surface area contributed by atoms with Gasteiger partial charge in [-0.3, -0.25) is 4.68 Å². The van der Waals surface area contributed by atoms with Crippen LogP contribution >= 0.6 is 0 Å². The summed E-state index contributed by atoms with van der Waals surface area (Å²) in [6, 6.07) is 2.27. The lowest BCUT2D eigenvalue weighted by Gasteiger charge is -2.17. The van der Waals surface area contributed by atoms with E-state index in [4.69, 9.17) is 0 Å². The van der Waals surface area contributed by atoms with Crippen LogP contribution in [0.25, 0.3) is 0 Å². The molecule has 0 radical (unpaired) electrons. The summed E-state index contributed by atoms with van der Waals surface area (Å²) in [4.78, 5) is 8.17. The molecule has 96 valence electrons. The molecule has 0 fully saturated rings.